The summed E-state index contributed by atoms with van der Waals surface area (Å²) in [5, 5.41) is 7.73. The van der Waals surface area contributed by atoms with Crippen LogP contribution in [0.4, 0.5) is 50.8 Å². The Morgan fingerprint density at radius 3 is 1.55 bits per heavy atom. The summed E-state index contributed by atoms with van der Waals surface area (Å²) in [5.74, 6) is -7.47. The maximum atomic E-state index is 13.4. The van der Waals surface area contributed by atoms with E-state index in [0.29, 0.717) is 17.1 Å². The molecule has 9 N–H and O–H groups in total. The number of thiazole rings is 2. The van der Waals surface area contributed by atoms with Crippen molar-refractivity contribution in [3.63, 3.8) is 0 Å². The highest BCUT2D eigenvalue weighted by Crippen LogP contribution is 2.38. The van der Waals surface area contributed by atoms with Crippen LogP contribution >= 0.6 is 22.7 Å². The largest absolute Gasteiger partial charge is 0.382 e. The first kappa shape index (κ1) is 47.7. The van der Waals surface area contributed by atoms with E-state index in [-0.39, 0.29) is 74.9 Å². The number of hydrogen-bond acceptors (Lipinski definition) is 19. The summed E-state index contributed by atoms with van der Waals surface area (Å²) < 4.78 is 93.3. The van der Waals surface area contributed by atoms with Gasteiger partial charge in [0, 0.05) is 36.5 Å². The van der Waals surface area contributed by atoms with E-state index in [1.54, 1.807) is 0 Å². The Kier molecular flexibility index (Phi) is 14.0. The van der Waals surface area contributed by atoms with Gasteiger partial charge in [0.05, 0.1) is 30.2 Å². The van der Waals surface area contributed by atoms with E-state index in [9.17, 15) is 45.2 Å². The number of hydrogen-bond donors (Lipinski definition) is 5. The quantitative estimate of drug-likeness (QED) is 0.0489. The summed E-state index contributed by atoms with van der Waals surface area (Å²) in [4.78, 5) is 62.2. The number of carbonyl (C=O) groups is 4. The normalized spacial score (nSPS) is 14.4. The van der Waals surface area contributed by atoms with E-state index < -0.39 is 68.9 Å². The van der Waals surface area contributed by atoms with E-state index in [1.807, 2.05) is 0 Å². The highest BCUT2D eigenvalue weighted by atomic mass is 32.2. The molecule has 20 nitrogen and oxygen atoms in total. The number of aryl methyl sites for hydroxylation is 1. The number of nitrogen functional groups attached to an aromatic ring is 2. The van der Waals surface area contributed by atoms with Gasteiger partial charge < -0.3 is 41.8 Å². The minimum absolute atomic E-state index is 0.0127. The Labute approximate surface area is 373 Å². The molecule has 1 aliphatic heterocycles. The highest BCUT2D eigenvalue weighted by molar-refractivity contribution is 7.85. The van der Waals surface area contributed by atoms with E-state index in [4.69, 9.17) is 36.5 Å². The number of likely N-dealkylation sites (tertiary alicyclic amines) is 1. The molecule has 2 aromatic carbocycles. The first-order valence-electron chi connectivity index (χ1n) is 18.8. The molecule has 4 aromatic heterocycles. The average Bonchev–Trinajstić information content (AvgIpc) is 4.05. The maximum Gasteiger partial charge on any atom is 0.272 e. The standard InChI is InChI=1S/C20H19F3N6O3S.C18H18FN5O6S2/c1-10(18(25)31)29(13-4-2-11(21)3-5-13)19-26-17(24)16(33-19)15(30)14-6-12(27-32-14)7-28-8-20(22,23)9-28;1-9(17(21)26)24(12-4-2-10(19)3-5-12)18-22-16(20)15(31-18)14(25)13-8-11(23-30-13)6-7-32(27,28)29/h2-6,10H,7-9,24H2,1H3,(H2,25,31);2-5,8-9H,6-7,20H2,1H3,(H2,21,26)(H,27,28,29)/t10-;9-/m11/s1. The molecule has 0 spiro atoms. The van der Waals surface area contributed by atoms with Gasteiger partial charge in [0.2, 0.25) is 34.9 Å². The predicted octanol–water partition coefficient (Wildman–Crippen LogP) is 4.07. The zero-order chi connectivity index (χ0) is 47.5. The number of carbonyl (C=O) groups excluding carboxylic acids is 4. The first-order valence-corrected chi connectivity index (χ1v) is 22.0. The van der Waals surface area contributed by atoms with Crippen LogP contribution in [0.15, 0.2) is 69.7 Å². The molecule has 0 aliphatic carbocycles. The molecule has 27 heteroatoms. The minimum Gasteiger partial charge on any atom is -0.382 e. The second kappa shape index (κ2) is 19.1. The number of ketones is 2. The lowest BCUT2D eigenvalue weighted by atomic mass is 10.1. The number of anilines is 6. The summed E-state index contributed by atoms with van der Waals surface area (Å²) in [5.41, 5.74) is 24.1. The molecule has 2 atom stereocenters. The van der Waals surface area contributed by atoms with Crippen molar-refractivity contribution in [2.45, 2.75) is 44.8 Å². The van der Waals surface area contributed by atoms with Gasteiger partial charge in [-0.15, -0.1) is 0 Å². The van der Waals surface area contributed by atoms with Crippen LogP contribution < -0.4 is 32.7 Å². The third-order valence-electron chi connectivity index (χ3n) is 9.39. The third-order valence-corrected chi connectivity index (χ3v) is 12.3. The van der Waals surface area contributed by atoms with E-state index in [0.717, 1.165) is 22.7 Å². The molecule has 0 radical (unpaired) electrons. The fraction of sp³-hybridized carbons (Fsp3) is 0.263. The number of primary amides is 2. The van der Waals surface area contributed by atoms with Crippen molar-refractivity contribution in [2.75, 3.05) is 40.1 Å². The summed E-state index contributed by atoms with van der Waals surface area (Å²) in [7, 11) is -4.20. The number of nitrogens with two attached hydrogens (primary N) is 4. The van der Waals surface area contributed by atoms with Crippen LogP contribution in [0.25, 0.3) is 0 Å². The van der Waals surface area contributed by atoms with Gasteiger partial charge in [0.25, 0.3) is 16.0 Å². The van der Waals surface area contributed by atoms with Gasteiger partial charge in [-0.3, -0.25) is 28.6 Å². The number of rotatable bonds is 17. The van der Waals surface area contributed by atoms with Crippen molar-refractivity contribution in [2.24, 2.45) is 11.5 Å². The second-order valence-corrected chi connectivity index (χ2v) is 17.9. The topological polar surface area (TPSA) is 314 Å². The molecule has 1 aliphatic rings. The smallest absolute Gasteiger partial charge is 0.272 e. The van der Waals surface area contributed by atoms with Crippen LogP contribution in [0, 0.1) is 11.6 Å². The number of amides is 2. The highest BCUT2D eigenvalue weighted by Gasteiger charge is 2.44. The second-order valence-electron chi connectivity index (χ2n) is 14.3. The lowest BCUT2D eigenvalue weighted by Crippen LogP contribution is -2.55. The zero-order valence-corrected chi connectivity index (χ0v) is 36.3. The summed E-state index contributed by atoms with van der Waals surface area (Å²) >= 11 is 1.75. The Bertz CT molecular complexity index is 2830. The molecule has 1 fully saturated rings. The van der Waals surface area contributed by atoms with Gasteiger partial charge in [-0.25, -0.2) is 27.5 Å². The van der Waals surface area contributed by atoms with Crippen molar-refractivity contribution in [1.82, 2.24) is 25.2 Å². The Balaban J connectivity index is 0.000000216. The minimum atomic E-state index is -4.20. The lowest BCUT2D eigenvalue weighted by molar-refractivity contribution is -0.134. The van der Waals surface area contributed by atoms with Crippen molar-refractivity contribution in [3.8, 4) is 0 Å². The molecule has 0 unspecified atom stereocenters. The molecular weight excluding hydrogens is 927 g/mol. The third kappa shape index (κ3) is 11.5. The van der Waals surface area contributed by atoms with Gasteiger partial charge in [0.15, 0.2) is 10.3 Å². The number of alkyl halides is 2. The summed E-state index contributed by atoms with van der Waals surface area (Å²) in [6.07, 6.45) is -0.159. The van der Waals surface area contributed by atoms with Gasteiger partial charge in [-0.05, 0) is 62.4 Å². The fourth-order valence-electron chi connectivity index (χ4n) is 6.07. The van der Waals surface area contributed by atoms with Gasteiger partial charge in [-0.2, -0.15) is 8.42 Å². The Hall–Kier alpha value is -6.81. The zero-order valence-electron chi connectivity index (χ0n) is 33.9. The Morgan fingerprint density at radius 2 is 1.17 bits per heavy atom. The Morgan fingerprint density at radius 1 is 0.769 bits per heavy atom. The van der Waals surface area contributed by atoms with Crippen molar-refractivity contribution < 1.29 is 58.8 Å². The molecular formula is C38H37F4N11O9S3. The van der Waals surface area contributed by atoms with Crippen LogP contribution in [0.1, 0.15) is 56.1 Å². The number of nitrogens with zero attached hydrogens (tertiary/aromatic N) is 7. The van der Waals surface area contributed by atoms with Crippen LogP contribution in [0.5, 0.6) is 0 Å². The van der Waals surface area contributed by atoms with Crippen molar-refractivity contribution in [3.05, 3.63) is 105 Å². The van der Waals surface area contributed by atoms with E-state index in [2.05, 4.69) is 20.3 Å². The van der Waals surface area contributed by atoms with Crippen LogP contribution in [-0.2, 0) is 32.7 Å². The predicted molar refractivity (Wildman–Crippen MR) is 228 cm³/mol. The lowest BCUT2D eigenvalue weighted by Gasteiger charge is -2.37. The number of aromatic nitrogens is 4. The van der Waals surface area contributed by atoms with Gasteiger partial charge in [0.1, 0.15) is 45.1 Å². The SMILES string of the molecule is C[C@H](C(N)=O)N(c1ccc(F)cc1)c1nc(N)c(C(=O)c2cc(CCS(=O)(=O)O)no2)s1.C[C@H](C(N)=O)N(c1ccc(F)cc1)c1nc(N)c(C(=O)c2cc(CN3CC(F)(F)C3)no2)s1. The number of halogens is 4. The van der Waals surface area contributed by atoms with Crippen molar-refractivity contribution in [1.29, 1.82) is 0 Å². The molecule has 65 heavy (non-hydrogen) atoms. The summed E-state index contributed by atoms with van der Waals surface area (Å²) in [6, 6.07) is 11.4. The maximum absolute atomic E-state index is 13.4. The van der Waals surface area contributed by atoms with Crippen LogP contribution in [0.3, 0.4) is 0 Å². The first-order chi connectivity index (χ1) is 30.5. The molecule has 5 heterocycles. The average molecular weight is 964 g/mol. The molecule has 344 valence electrons. The van der Waals surface area contributed by atoms with Crippen LogP contribution in [-0.4, -0.2) is 98.4 Å². The number of benzene rings is 2. The fourth-order valence-corrected chi connectivity index (χ4v) is 8.60. The molecule has 0 saturated carbocycles. The van der Waals surface area contributed by atoms with Crippen molar-refractivity contribution >= 4 is 89.4 Å². The van der Waals surface area contributed by atoms with E-state index in [1.165, 1.54) is 89.2 Å². The summed E-state index contributed by atoms with van der Waals surface area (Å²) in [6.45, 7) is 2.40. The molecule has 7 rings (SSSR count). The molecule has 2 amide bonds. The molecule has 1 saturated heterocycles. The van der Waals surface area contributed by atoms with Gasteiger partial charge in [-0.1, -0.05) is 33.0 Å². The molecule has 6 aromatic rings. The monoisotopic (exact) mass is 963 g/mol. The molecule has 0 bridgehead atoms. The van der Waals surface area contributed by atoms with Crippen LogP contribution in [0.2, 0.25) is 0 Å². The van der Waals surface area contributed by atoms with E-state index >= 15 is 0 Å². The van der Waals surface area contributed by atoms with Gasteiger partial charge >= 0.3 is 0 Å².